The summed E-state index contributed by atoms with van der Waals surface area (Å²) in [5.41, 5.74) is -0.358. The molecule has 2 aromatic carbocycles. The molecule has 0 atom stereocenters. The Morgan fingerprint density at radius 2 is 1.56 bits per heavy atom. The molecule has 0 aliphatic carbocycles. The van der Waals surface area contributed by atoms with E-state index in [2.05, 4.69) is 5.32 Å². The standard InChI is InChI=1S/C21H25N3O7S/c1-30-19-13-17(18(24(26)27)14-20(19)31-2)21(25)22-15-7-9-16(10-8-15)32(28,29)23-11-5-3-4-6-12-23/h7-10,13-14H,3-6,11-12H2,1-2H3,(H,22,25). The van der Waals surface area contributed by atoms with Crippen LogP contribution in [0.1, 0.15) is 36.0 Å². The van der Waals surface area contributed by atoms with E-state index in [9.17, 15) is 23.3 Å². The van der Waals surface area contributed by atoms with Gasteiger partial charge < -0.3 is 14.8 Å². The first-order valence-corrected chi connectivity index (χ1v) is 11.5. The van der Waals surface area contributed by atoms with Gasteiger partial charge in [0.1, 0.15) is 5.56 Å². The van der Waals surface area contributed by atoms with Crippen molar-refractivity contribution in [1.82, 2.24) is 4.31 Å². The number of nitro benzene ring substituents is 1. The lowest BCUT2D eigenvalue weighted by Crippen LogP contribution is -2.31. The number of sulfonamides is 1. The Morgan fingerprint density at radius 3 is 2.09 bits per heavy atom. The second-order valence-corrected chi connectivity index (χ2v) is 9.22. The fraction of sp³-hybridized carbons (Fsp3) is 0.381. The van der Waals surface area contributed by atoms with Gasteiger partial charge in [-0.3, -0.25) is 14.9 Å². The first-order chi connectivity index (χ1) is 15.3. The summed E-state index contributed by atoms with van der Waals surface area (Å²) in [6, 6.07) is 8.08. The number of amides is 1. The molecule has 32 heavy (non-hydrogen) atoms. The van der Waals surface area contributed by atoms with Gasteiger partial charge in [-0.15, -0.1) is 0 Å². The summed E-state index contributed by atoms with van der Waals surface area (Å²) in [7, 11) is -0.925. The lowest BCUT2D eigenvalue weighted by Gasteiger charge is -2.20. The average Bonchev–Trinajstić information content (AvgIpc) is 3.08. The van der Waals surface area contributed by atoms with E-state index < -0.39 is 26.5 Å². The number of rotatable bonds is 7. The molecule has 11 heteroatoms. The molecule has 172 valence electrons. The molecule has 1 fully saturated rings. The zero-order chi connectivity index (χ0) is 23.3. The molecular weight excluding hydrogens is 438 g/mol. The number of nitrogens with zero attached hydrogens (tertiary/aromatic N) is 2. The molecule has 1 amide bonds. The van der Waals surface area contributed by atoms with Gasteiger partial charge in [0.2, 0.25) is 10.0 Å². The Morgan fingerprint density at radius 1 is 1.00 bits per heavy atom. The van der Waals surface area contributed by atoms with Crippen molar-refractivity contribution >= 4 is 27.3 Å². The van der Waals surface area contributed by atoms with Crippen molar-refractivity contribution in [2.75, 3.05) is 32.6 Å². The van der Waals surface area contributed by atoms with Crippen molar-refractivity contribution in [2.45, 2.75) is 30.6 Å². The first kappa shape index (κ1) is 23.5. The third-order valence-electron chi connectivity index (χ3n) is 5.26. The lowest BCUT2D eigenvalue weighted by molar-refractivity contribution is -0.385. The second kappa shape index (κ2) is 9.96. The number of benzene rings is 2. The van der Waals surface area contributed by atoms with Crippen LogP contribution in [0.4, 0.5) is 11.4 Å². The molecule has 0 aromatic heterocycles. The topological polar surface area (TPSA) is 128 Å². The van der Waals surface area contributed by atoms with Crippen molar-refractivity contribution < 1.29 is 27.6 Å². The predicted octanol–water partition coefficient (Wildman–Crippen LogP) is 3.43. The number of methoxy groups -OCH3 is 2. The molecule has 1 heterocycles. The van der Waals surface area contributed by atoms with Crippen LogP contribution >= 0.6 is 0 Å². The zero-order valence-corrected chi connectivity index (χ0v) is 18.7. The Bertz CT molecular complexity index is 1090. The number of carbonyl (C=O) groups excluding carboxylic acids is 1. The van der Waals surface area contributed by atoms with Crippen LogP contribution in [-0.2, 0) is 10.0 Å². The van der Waals surface area contributed by atoms with Gasteiger partial charge in [0.05, 0.1) is 30.1 Å². The second-order valence-electron chi connectivity index (χ2n) is 7.28. The minimum atomic E-state index is -3.62. The number of nitro groups is 1. The van der Waals surface area contributed by atoms with Crippen LogP contribution in [0.5, 0.6) is 11.5 Å². The molecule has 1 aliphatic rings. The highest BCUT2D eigenvalue weighted by molar-refractivity contribution is 7.89. The lowest BCUT2D eigenvalue weighted by atomic mass is 10.1. The molecule has 0 radical (unpaired) electrons. The number of hydrogen-bond donors (Lipinski definition) is 1. The summed E-state index contributed by atoms with van der Waals surface area (Å²) in [6.45, 7) is 0.980. The number of anilines is 1. The van der Waals surface area contributed by atoms with Gasteiger partial charge in [-0.2, -0.15) is 4.31 Å². The molecular formula is C21H25N3O7S. The van der Waals surface area contributed by atoms with Crippen molar-refractivity contribution in [3.8, 4) is 11.5 Å². The van der Waals surface area contributed by atoms with Crippen LogP contribution in [0.2, 0.25) is 0 Å². The fourth-order valence-electron chi connectivity index (χ4n) is 3.54. The summed E-state index contributed by atoms with van der Waals surface area (Å²) >= 11 is 0. The summed E-state index contributed by atoms with van der Waals surface area (Å²) < 4.78 is 37.4. The van der Waals surface area contributed by atoms with Crippen LogP contribution in [0.3, 0.4) is 0 Å². The molecule has 0 saturated carbocycles. The highest BCUT2D eigenvalue weighted by Crippen LogP contribution is 2.35. The minimum absolute atomic E-state index is 0.124. The van der Waals surface area contributed by atoms with Gasteiger partial charge in [-0.1, -0.05) is 12.8 Å². The van der Waals surface area contributed by atoms with Gasteiger partial charge in [0.15, 0.2) is 11.5 Å². The largest absolute Gasteiger partial charge is 0.493 e. The average molecular weight is 464 g/mol. The molecule has 1 aliphatic heterocycles. The third kappa shape index (κ3) is 5.00. The highest BCUT2D eigenvalue weighted by atomic mass is 32.2. The van der Waals surface area contributed by atoms with Crippen LogP contribution in [0.15, 0.2) is 41.3 Å². The summed E-state index contributed by atoms with van der Waals surface area (Å²) in [5.74, 6) is -0.443. The molecule has 10 nitrogen and oxygen atoms in total. The summed E-state index contributed by atoms with van der Waals surface area (Å²) in [4.78, 5) is 23.6. The maximum atomic E-state index is 12.9. The molecule has 1 saturated heterocycles. The van der Waals surface area contributed by atoms with E-state index in [1.165, 1.54) is 48.9 Å². The Hall–Kier alpha value is -3.18. The van der Waals surface area contributed by atoms with E-state index in [0.717, 1.165) is 31.7 Å². The van der Waals surface area contributed by atoms with E-state index in [-0.39, 0.29) is 22.0 Å². The molecule has 1 N–H and O–H groups in total. The quantitative estimate of drug-likeness (QED) is 0.492. The fourth-order valence-corrected chi connectivity index (χ4v) is 5.06. The predicted molar refractivity (Wildman–Crippen MR) is 118 cm³/mol. The van der Waals surface area contributed by atoms with Gasteiger partial charge in [0, 0.05) is 24.8 Å². The number of hydrogen-bond acceptors (Lipinski definition) is 7. The van der Waals surface area contributed by atoms with Gasteiger partial charge in [-0.25, -0.2) is 8.42 Å². The monoisotopic (exact) mass is 463 g/mol. The normalized spacial score (nSPS) is 14.9. The van der Waals surface area contributed by atoms with E-state index in [0.29, 0.717) is 18.8 Å². The smallest absolute Gasteiger partial charge is 0.286 e. The zero-order valence-electron chi connectivity index (χ0n) is 17.9. The van der Waals surface area contributed by atoms with Crippen molar-refractivity contribution in [3.63, 3.8) is 0 Å². The van der Waals surface area contributed by atoms with Crippen LogP contribution in [0.25, 0.3) is 0 Å². The molecule has 3 rings (SSSR count). The number of ether oxygens (including phenoxy) is 2. The highest BCUT2D eigenvalue weighted by Gasteiger charge is 2.26. The van der Waals surface area contributed by atoms with E-state index >= 15 is 0 Å². The Kier molecular flexibility index (Phi) is 7.31. The summed E-state index contributed by atoms with van der Waals surface area (Å²) in [5, 5.41) is 14.0. The van der Waals surface area contributed by atoms with Crippen LogP contribution < -0.4 is 14.8 Å². The van der Waals surface area contributed by atoms with E-state index in [1.807, 2.05) is 0 Å². The molecule has 0 bridgehead atoms. The molecule has 0 spiro atoms. The van der Waals surface area contributed by atoms with Crippen LogP contribution in [-0.4, -0.2) is 50.9 Å². The first-order valence-electron chi connectivity index (χ1n) is 10.1. The SMILES string of the molecule is COc1cc(C(=O)Nc2ccc(S(=O)(=O)N3CCCCCC3)cc2)c([N+](=O)[O-])cc1OC. The van der Waals surface area contributed by atoms with Gasteiger partial charge in [-0.05, 0) is 37.1 Å². The number of nitrogens with one attached hydrogen (secondary N) is 1. The maximum Gasteiger partial charge on any atom is 0.286 e. The third-order valence-corrected chi connectivity index (χ3v) is 7.17. The van der Waals surface area contributed by atoms with Crippen molar-refractivity contribution in [2.24, 2.45) is 0 Å². The maximum absolute atomic E-state index is 12.9. The van der Waals surface area contributed by atoms with Gasteiger partial charge in [0.25, 0.3) is 11.6 Å². The Labute approximate surface area is 186 Å². The van der Waals surface area contributed by atoms with E-state index in [4.69, 9.17) is 9.47 Å². The molecule has 2 aromatic rings. The molecule has 0 unspecified atom stereocenters. The van der Waals surface area contributed by atoms with Gasteiger partial charge >= 0.3 is 0 Å². The van der Waals surface area contributed by atoms with Crippen molar-refractivity contribution in [1.29, 1.82) is 0 Å². The van der Waals surface area contributed by atoms with E-state index in [1.54, 1.807) is 0 Å². The van der Waals surface area contributed by atoms with Crippen LogP contribution in [0, 0.1) is 10.1 Å². The number of carbonyl (C=O) groups is 1. The summed E-state index contributed by atoms with van der Waals surface area (Å²) in [6.07, 6.45) is 3.69. The van der Waals surface area contributed by atoms with Crippen molar-refractivity contribution in [3.05, 3.63) is 52.1 Å². The Balaban J connectivity index is 1.82. The minimum Gasteiger partial charge on any atom is -0.493 e.